The van der Waals surface area contributed by atoms with Crippen molar-refractivity contribution < 1.29 is 14.6 Å². The Morgan fingerprint density at radius 3 is 2.58 bits per heavy atom. The van der Waals surface area contributed by atoms with Crippen molar-refractivity contribution in [2.75, 3.05) is 11.5 Å². The van der Waals surface area contributed by atoms with Gasteiger partial charge in [-0.25, -0.2) is 0 Å². The van der Waals surface area contributed by atoms with Gasteiger partial charge in [0.15, 0.2) is 0 Å². The van der Waals surface area contributed by atoms with Crippen molar-refractivity contribution in [3.63, 3.8) is 0 Å². The molecule has 0 aromatic heterocycles. The van der Waals surface area contributed by atoms with Crippen LogP contribution in [0, 0.1) is 0 Å². The third kappa shape index (κ3) is 2.78. The van der Waals surface area contributed by atoms with Crippen molar-refractivity contribution >= 4 is 11.6 Å². The molecule has 4 nitrogen and oxygen atoms in total. The fourth-order valence-corrected chi connectivity index (χ4v) is 4.37. The first-order chi connectivity index (χ1) is 12.6. The molecule has 1 heterocycles. The molecule has 1 fully saturated rings. The van der Waals surface area contributed by atoms with Crippen molar-refractivity contribution in [1.82, 2.24) is 0 Å². The van der Waals surface area contributed by atoms with Crippen LogP contribution in [0.15, 0.2) is 48.5 Å². The second kappa shape index (κ2) is 6.76. The van der Waals surface area contributed by atoms with Gasteiger partial charge in [-0.05, 0) is 61.9 Å². The molecule has 0 bridgehead atoms. The first-order valence-electron chi connectivity index (χ1n) is 9.45. The largest absolute Gasteiger partial charge is 0.494 e. The number of aliphatic hydroxyl groups is 1. The van der Waals surface area contributed by atoms with E-state index in [0.29, 0.717) is 38.8 Å². The SMILES string of the molecule is CCOc1ccc2c(c1)C1(CCC(O)CC1)C(=O)N2Cc1ccccc1. The maximum absolute atomic E-state index is 13.5. The standard InChI is InChI=1S/C22H25NO3/c1-2-26-18-8-9-20-19(14-18)22(12-10-17(24)11-13-22)21(25)23(20)15-16-6-4-3-5-7-16/h3-9,14,17,24H,2,10-13,15H2,1H3. The molecule has 0 saturated heterocycles. The van der Waals surface area contributed by atoms with Gasteiger partial charge in [0.25, 0.3) is 0 Å². The molecule has 26 heavy (non-hydrogen) atoms. The Kier molecular flexibility index (Phi) is 4.45. The number of hydrogen-bond donors (Lipinski definition) is 1. The molecule has 0 atom stereocenters. The Morgan fingerprint density at radius 1 is 1.15 bits per heavy atom. The van der Waals surface area contributed by atoms with Crippen LogP contribution in [0.3, 0.4) is 0 Å². The minimum Gasteiger partial charge on any atom is -0.494 e. The molecule has 0 unspecified atom stereocenters. The number of fused-ring (bicyclic) bond motifs is 2. The predicted molar refractivity (Wildman–Crippen MR) is 101 cm³/mol. The Labute approximate surface area is 154 Å². The summed E-state index contributed by atoms with van der Waals surface area (Å²) in [4.78, 5) is 15.4. The minimum absolute atomic E-state index is 0.164. The molecule has 1 aliphatic carbocycles. The number of ether oxygens (including phenoxy) is 1. The normalized spacial score (nSPS) is 24.8. The maximum Gasteiger partial charge on any atom is 0.238 e. The van der Waals surface area contributed by atoms with E-state index in [2.05, 4.69) is 12.1 Å². The number of nitrogens with zero attached hydrogens (tertiary/aromatic N) is 1. The summed E-state index contributed by atoms with van der Waals surface area (Å²) in [6, 6.07) is 16.1. The Hall–Kier alpha value is -2.33. The zero-order valence-electron chi connectivity index (χ0n) is 15.1. The van der Waals surface area contributed by atoms with Crippen molar-refractivity contribution in [2.45, 2.75) is 50.7 Å². The van der Waals surface area contributed by atoms with Gasteiger partial charge in [-0.2, -0.15) is 0 Å². The fourth-order valence-electron chi connectivity index (χ4n) is 4.37. The summed E-state index contributed by atoms with van der Waals surface area (Å²) >= 11 is 0. The molecule has 1 spiro atoms. The van der Waals surface area contributed by atoms with Crippen molar-refractivity contribution in [2.24, 2.45) is 0 Å². The third-order valence-electron chi connectivity index (χ3n) is 5.73. The smallest absolute Gasteiger partial charge is 0.238 e. The minimum atomic E-state index is -0.517. The van der Waals surface area contributed by atoms with Gasteiger partial charge < -0.3 is 14.7 Å². The van der Waals surface area contributed by atoms with Gasteiger partial charge in [-0.15, -0.1) is 0 Å². The molecule has 1 amide bonds. The number of hydrogen-bond acceptors (Lipinski definition) is 3. The van der Waals surface area contributed by atoms with Crippen LogP contribution < -0.4 is 9.64 Å². The Balaban J connectivity index is 1.75. The molecular weight excluding hydrogens is 326 g/mol. The number of aliphatic hydroxyl groups excluding tert-OH is 1. The van der Waals surface area contributed by atoms with Crippen LogP contribution in [0.5, 0.6) is 5.75 Å². The first kappa shape index (κ1) is 17.1. The highest BCUT2D eigenvalue weighted by Gasteiger charge is 2.52. The van der Waals surface area contributed by atoms with Gasteiger partial charge in [0.2, 0.25) is 5.91 Å². The van der Waals surface area contributed by atoms with Gasteiger partial charge in [0.1, 0.15) is 5.75 Å². The summed E-state index contributed by atoms with van der Waals surface area (Å²) in [6.07, 6.45) is 2.43. The predicted octanol–water partition coefficient (Wildman–Crippen LogP) is 3.80. The fraction of sp³-hybridized carbons (Fsp3) is 0.409. The number of anilines is 1. The van der Waals surface area contributed by atoms with Crippen LogP contribution in [0.2, 0.25) is 0 Å². The van der Waals surface area contributed by atoms with Gasteiger partial charge in [-0.3, -0.25) is 4.79 Å². The Bertz CT molecular complexity index is 794. The lowest BCUT2D eigenvalue weighted by Crippen LogP contribution is -2.43. The summed E-state index contributed by atoms with van der Waals surface area (Å²) in [6.45, 7) is 3.14. The number of benzene rings is 2. The average Bonchev–Trinajstić information content (AvgIpc) is 2.88. The number of carbonyl (C=O) groups is 1. The van der Waals surface area contributed by atoms with Crippen molar-refractivity contribution in [1.29, 1.82) is 0 Å². The zero-order valence-corrected chi connectivity index (χ0v) is 15.1. The topological polar surface area (TPSA) is 49.8 Å². The van der Waals surface area contributed by atoms with Crippen molar-refractivity contribution in [3.8, 4) is 5.75 Å². The zero-order chi connectivity index (χ0) is 18.1. The van der Waals surface area contributed by atoms with E-state index in [4.69, 9.17) is 4.74 Å². The first-order valence-corrected chi connectivity index (χ1v) is 9.45. The van der Waals surface area contributed by atoms with E-state index >= 15 is 0 Å². The molecule has 0 radical (unpaired) electrons. The number of amides is 1. The van der Waals surface area contributed by atoms with Crippen LogP contribution >= 0.6 is 0 Å². The molecule has 1 saturated carbocycles. The molecular formula is C22H25NO3. The monoisotopic (exact) mass is 351 g/mol. The van der Waals surface area contributed by atoms with E-state index < -0.39 is 5.41 Å². The lowest BCUT2D eigenvalue weighted by molar-refractivity contribution is -0.125. The van der Waals surface area contributed by atoms with E-state index in [1.54, 1.807) is 0 Å². The van der Waals surface area contributed by atoms with E-state index in [-0.39, 0.29) is 12.0 Å². The molecule has 136 valence electrons. The van der Waals surface area contributed by atoms with E-state index in [1.807, 2.05) is 48.2 Å². The molecule has 2 aromatic carbocycles. The van der Waals surface area contributed by atoms with Crippen LogP contribution in [-0.2, 0) is 16.8 Å². The average molecular weight is 351 g/mol. The quantitative estimate of drug-likeness (QED) is 0.911. The summed E-state index contributed by atoms with van der Waals surface area (Å²) < 4.78 is 5.70. The van der Waals surface area contributed by atoms with Gasteiger partial charge in [-0.1, -0.05) is 30.3 Å². The van der Waals surface area contributed by atoms with Crippen LogP contribution in [0.25, 0.3) is 0 Å². The highest BCUT2D eigenvalue weighted by atomic mass is 16.5. The van der Waals surface area contributed by atoms with Gasteiger partial charge in [0, 0.05) is 5.69 Å². The number of rotatable bonds is 4. The van der Waals surface area contributed by atoms with Crippen molar-refractivity contribution in [3.05, 3.63) is 59.7 Å². The molecule has 1 aliphatic heterocycles. The summed E-state index contributed by atoms with van der Waals surface area (Å²) in [5.41, 5.74) is 2.65. The lowest BCUT2D eigenvalue weighted by atomic mass is 9.69. The summed E-state index contributed by atoms with van der Waals surface area (Å²) in [5, 5.41) is 9.98. The summed E-state index contributed by atoms with van der Waals surface area (Å²) in [5.74, 6) is 0.975. The highest BCUT2D eigenvalue weighted by molar-refractivity contribution is 6.08. The second-order valence-corrected chi connectivity index (χ2v) is 7.30. The molecule has 4 rings (SSSR count). The molecule has 2 aromatic rings. The molecule has 1 N–H and O–H groups in total. The Morgan fingerprint density at radius 2 is 1.88 bits per heavy atom. The van der Waals surface area contributed by atoms with E-state index in [0.717, 1.165) is 22.6 Å². The highest BCUT2D eigenvalue weighted by Crippen LogP contribution is 2.51. The summed E-state index contributed by atoms with van der Waals surface area (Å²) in [7, 11) is 0. The molecule has 4 heteroatoms. The lowest BCUT2D eigenvalue weighted by Gasteiger charge is -2.34. The van der Waals surface area contributed by atoms with Crippen LogP contribution in [0.1, 0.15) is 43.7 Å². The van der Waals surface area contributed by atoms with Crippen LogP contribution in [0.4, 0.5) is 5.69 Å². The molecule has 2 aliphatic rings. The number of carbonyl (C=O) groups excluding carboxylic acids is 1. The van der Waals surface area contributed by atoms with E-state index in [9.17, 15) is 9.90 Å². The third-order valence-corrected chi connectivity index (χ3v) is 5.73. The maximum atomic E-state index is 13.5. The van der Waals surface area contributed by atoms with Gasteiger partial charge in [0.05, 0.1) is 24.7 Å². The van der Waals surface area contributed by atoms with Crippen LogP contribution in [-0.4, -0.2) is 23.7 Å². The second-order valence-electron chi connectivity index (χ2n) is 7.30. The van der Waals surface area contributed by atoms with Gasteiger partial charge >= 0.3 is 0 Å². The van der Waals surface area contributed by atoms with E-state index in [1.165, 1.54) is 0 Å².